The Morgan fingerprint density at radius 3 is 2.50 bits per heavy atom. The Bertz CT molecular complexity index is 591. The Morgan fingerprint density at radius 1 is 1.11 bits per heavy atom. The molecule has 0 aliphatic rings. The number of hydrogen-bond acceptors (Lipinski definition) is 2. The summed E-state index contributed by atoms with van der Waals surface area (Å²) in [7, 11) is 0. The zero-order valence-electron chi connectivity index (χ0n) is 10.4. The van der Waals surface area contributed by atoms with Gasteiger partial charge >= 0.3 is 0 Å². The van der Waals surface area contributed by atoms with Gasteiger partial charge in [0.05, 0.1) is 5.69 Å². The Labute approximate surface area is 106 Å². The molecule has 0 fully saturated rings. The second kappa shape index (κ2) is 4.92. The van der Waals surface area contributed by atoms with Crippen molar-refractivity contribution in [1.29, 1.82) is 0 Å². The van der Waals surface area contributed by atoms with Crippen LogP contribution in [0.5, 0.6) is 5.75 Å². The first-order chi connectivity index (χ1) is 8.58. The van der Waals surface area contributed by atoms with Crippen molar-refractivity contribution >= 4 is 11.6 Å². The van der Waals surface area contributed by atoms with E-state index >= 15 is 0 Å². The Kier molecular flexibility index (Phi) is 3.33. The van der Waals surface area contributed by atoms with E-state index in [1.165, 1.54) is 6.07 Å². The molecule has 0 aromatic heterocycles. The second-order valence-corrected chi connectivity index (χ2v) is 4.29. The summed E-state index contributed by atoms with van der Waals surface area (Å²) in [5, 5.41) is 12.3. The third kappa shape index (κ3) is 2.51. The van der Waals surface area contributed by atoms with Gasteiger partial charge in [0.1, 0.15) is 5.75 Å². The van der Waals surface area contributed by atoms with E-state index < -0.39 is 0 Å². The number of benzene rings is 2. The smallest absolute Gasteiger partial charge is 0.256 e. The maximum atomic E-state index is 12.1. The van der Waals surface area contributed by atoms with Crippen LogP contribution in [0.3, 0.4) is 0 Å². The van der Waals surface area contributed by atoms with Gasteiger partial charge < -0.3 is 10.4 Å². The number of aromatic hydroxyl groups is 1. The molecular weight excluding hydrogens is 226 g/mol. The average molecular weight is 241 g/mol. The van der Waals surface area contributed by atoms with Crippen LogP contribution in [0.25, 0.3) is 0 Å². The molecule has 0 aliphatic carbocycles. The lowest BCUT2D eigenvalue weighted by atomic mass is 10.1. The van der Waals surface area contributed by atoms with Crippen molar-refractivity contribution in [2.24, 2.45) is 0 Å². The van der Waals surface area contributed by atoms with E-state index in [0.717, 1.165) is 11.1 Å². The van der Waals surface area contributed by atoms with E-state index in [2.05, 4.69) is 5.32 Å². The molecule has 0 atom stereocenters. The van der Waals surface area contributed by atoms with Crippen LogP contribution < -0.4 is 5.32 Å². The average Bonchev–Trinajstić information content (AvgIpc) is 2.32. The summed E-state index contributed by atoms with van der Waals surface area (Å²) in [5.41, 5.74) is 3.07. The fourth-order valence-corrected chi connectivity index (χ4v) is 1.84. The molecule has 0 radical (unpaired) electrons. The fraction of sp³-hybridized carbons (Fsp3) is 0.133. The van der Waals surface area contributed by atoms with E-state index in [1.54, 1.807) is 24.3 Å². The van der Waals surface area contributed by atoms with Gasteiger partial charge in [0.25, 0.3) is 5.91 Å². The number of nitrogens with one attached hydrogen (secondary N) is 1. The van der Waals surface area contributed by atoms with E-state index in [4.69, 9.17) is 0 Å². The zero-order chi connectivity index (χ0) is 13.1. The van der Waals surface area contributed by atoms with Gasteiger partial charge in [0.15, 0.2) is 0 Å². The molecule has 2 rings (SSSR count). The van der Waals surface area contributed by atoms with Gasteiger partial charge in [-0.2, -0.15) is 0 Å². The van der Waals surface area contributed by atoms with Gasteiger partial charge in [-0.05, 0) is 37.6 Å². The summed E-state index contributed by atoms with van der Waals surface area (Å²) in [6.45, 7) is 3.88. The number of anilines is 1. The molecule has 2 aromatic carbocycles. The van der Waals surface area contributed by atoms with Crippen molar-refractivity contribution in [2.45, 2.75) is 13.8 Å². The van der Waals surface area contributed by atoms with Crippen molar-refractivity contribution in [3.8, 4) is 5.75 Å². The standard InChI is InChI=1S/C15H15NO2/c1-10-7-8-12(11(2)9-10)15(18)16-13-5-3-4-6-14(13)17/h3-9,17H,1-2H3,(H,16,18). The largest absolute Gasteiger partial charge is 0.506 e. The van der Waals surface area contributed by atoms with Gasteiger partial charge in [0.2, 0.25) is 0 Å². The van der Waals surface area contributed by atoms with Crippen LogP contribution in [0.15, 0.2) is 42.5 Å². The summed E-state index contributed by atoms with van der Waals surface area (Å²) in [6.07, 6.45) is 0. The topological polar surface area (TPSA) is 49.3 Å². The molecule has 2 N–H and O–H groups in total. The molecule has 0 saturated heterocycles. The number of amides is 1. The molecule has 0 unspecified atom stereocenters. The van der Waals surface area contributed by atoms with Crippen LogP contribution in [-0.2, 0) is 0 Å². The highest BCUT2D eigenvalue weighted by atomic mass is 16.3. The van der Waals surface area contributed by atoms with E-state index in [1.807, 2.05) is 26.0 Å². The van der Waals surface area contributed by atoms with Gasteiger partial charge in [-0.3, -0.25) is 4.79 Å². The Morgan fingerprint density at radius 2 is 1.83 bits per heavy atom. The highest BCUT2D eigenvalue weighted by Crippen LogP contribution is 2.22. The number of carbonyl (C=O) groups is 1. The molecule has 3 nitrogen and oxygen atoms in total. The minimum Gasteiger partial charge on any atom is -0.506 e. The molecule has 18 heavy (non-hydrogen) atoms. The lowest BCUT2D eigenvalue weighted by Crippen LogP contribution is -2.13. The van der Waals surface area contributed by atoms with E-state index in [0.29, 0.717) is 11.3 Å². The summed E-state index contributed by atoms with van der Waals surface area (Å²) in [5.74, 6) is -0.149. The lowest BCUT2D eigenvalue weighted by molar-refractivity contribution is 0.102. The molecule has 2 aromatic rings. The van der Waals surface area contributed by atoms with Crippen LogP contribution in [0.1, 0.15) is 21.5 Å². The molecule has 92 valence electrons. The molecule has 3 heteroatoms. The van der Waals surface area contributed by atoms with Crippen LogP contribution in [-0.4, -0.2) is 11.0 Å². The normalized spacial score (nSPS) is 10.1. The first-order valence-corrected chi connectivity index (χ1v) is 5.74. The highest BCUT2D eigenvalue weighted by Gasteiger charge is 2.10. The van der Waals surface area contributed by atoms with Crippen LogP contribution in [0.2, 0.25) is 0 Å². The first-order valence-electron chi connectivity index (χ1n) is 5.74. The monoisotopic (exact) mass is 241 g/mol. The van der Waals surface area contributed by atoms with Crippen LogP contribution >= 0.6 is 0 Å². The minimum atomic E-state index is -0.214. The minimum absolute atomic E-state index is 0.0654. The number of phenols is 1. The number of hydrogen-bond donors (Lipinski definition) is 2. The number of para-hydroxylation sites is 2. The summed E-state index contributed by atoms with van der Waals surface area (Å²) in [6, 6.07) is 12.3. The molecule has 0 bridgehead atoms. The van der Waals surface area contributed by atoms with E-state index in [9.17, 15) is 9.90 Å². The first kappa shape index (κ1) is 12.2. The third-order valence-corrected chi connectivity index (χ3v) is 2.78. The molecular formula is C15H15NO2. The van der Waals surface area contributed by atoms with Gasteiger partial charge in [-0.1, -0.05) is 29.8 Å². The maximum Gasteiger partial charge on any atom is 0.256 e. The number of aryl methyl sites for hydroxylation is 2. The molecule has 0 aliphatic heterocycles. The van der Waals surface area contributed by atoms with Gasteiger partial charge in [-0.15, -0.1) is 0 Å². The predicted molar refractivity (Wildman–Crippen MR) is 72.0 cm³/mol. The van der Waals surface area contributed by atoms with E-state index in [-0.39, 0.29) is 11.7 Å². The molecule has 0 saturated carbocycles. The van der Waals surface area contributed by atoms with Crippen molar-refractivity contribution in [1.82, 2.24) is 0 Å². The highest BCUT2D eigenvalue weighted by molar-refractivity contribution is 6.05. The number of phenolic OH excluding ortho intramolecular Hbond substituents is 1. The molecule has 0 spiro atoms. The summed E-state index contributed by atoms with van der Waals surface area (Å²) in [4.78, 5) is 12.1. The molecule has 0 heterocycles. The van der Waals surface area contributed by atoms with Crippen molar-refractivity contribution in [3.05, 3.63) is 59.2 Å². The predicted octanol–water partition coefficient (Wildman–Crippen LogP) is 3.26. The van der Waals surface area contributed by atoms with Gasteiger partial charge in [0, 0.05) is 5.56 Å². The fourth-order valence-electron chi connectivity index (χ4n) is 1.84. The second-order valence-electron chi connectivity index (χ2n) is 4.29. The number of rotatable bonds is 2. The Balaban J connectivity index is 2.25. The number of carbonyl (C=O) groups excluding carboxylic acids is 1. The van der Waals surface area contributed by atoms with Crippen LogP contribution in [0, 0.1) is 13.8 Å². The zero-order valence-corrected chi connectivity index (χ0v) is 10.4. The lowest BCUT2D eigenvalue weighted by Gasteiger charge is -2.09. The van der Waals surface area contributed by atoms with Gasteiger partial charge in [-0.25, -0.2) is 0 Å². The Hall–Kier alpha value is -2.29. The SMILES string of the molecule is Cc1ccc(C(=O)Nc2ccccc2O)c(C)c1. The van der Waals surface area contributed by atoms with Crippen molar-refractivity contribution in [2.75, 3.05) is 5.32 Å². The maximum absolute atomic E-state index is 12.1. The summed E-state index contributed by atoms with van der Waals surface area (Å²) >= 11 is 0. The van der Waals surface area contributed by atoms with Crippen molar-refractivity contribution in [3.63, 3.8) is 0 Å². The van der Waals surface area contributed by atoms with Crippen molar-refractivity contribution < 1.29 is 9.90 Å². The molecule has 1 amide bonds. The summed E-state index contributed by atoms with van der Waals surface area (Å²) < 4.78 is 0. The third-order valence-electron chi connectivity index (χ3n) is 2.78. The quantitative estimate of drug-likeness (QED) is 0.793. The van der Waals surface area contributed by atoms with Crippen LogP contribution in [0.4, 0.5) is 5.69 Å².